The minimum atomic E-state index is -0.0792. The first-order chi connectivity index (χ1) is 31.3. The first kappa shape index (κ1) is 36.6. The van der Waals surface area contributed by atoms with Crippen LogP contribution < -0.4 is 0 Å². The van der Waals surface area contributed by atoms with Gasteiger partial charge in [0, 0.05) is 62.7 Å². The van der Waals surface area contributed by atoms with E-state index >= 15 is 0 Å². The number of hydrogen-bond donors (Lipinski definition) is 0. The molecule has 64 heavy (non-hydrogen) atoms. The minimum absolute atomic E-state index is 0.0792. The molecule has 0 saturated heterocycles. The van der Waals surface area contributed by atoms with Gasteiger partial charge in [0.2, 0.25) is 0 Å². The molecule has 4 aliphatic rings. The molecular formula is C62H42S2. The summed E-state index contributed by atoms with van der Waals surface area (Å²) in [6.07, 6.45) is 0. The van der Waals surface area contributed by atoms with Crippen LogP contribution in [0.3, 0.4) is 0 Å². The topological polar surface area (TPSA) is 0 Å². The Hall–Kier alpha value is -6.84. The van der Waals surface area contributed by atoms with Crippen molar-refractivity contribution in [3.8, 4) is 77.9 Å². The van der Waals surface area contributed by atoms with Gasteiger partial charge in [0.25, 0.3) is 0 Å². The first-order valence-corrected chi connectivity index (χ1v) is 24.1. The van der Waals surface area contributed by atoms with Gasteiger partial charge in [0.15, 0.2) is 0 Å². The Morgan fingerprint density at radius 1 is 0.297 bits per heavy atom. The predicted octanol–water partition coefficient (Wildman–Crippen LogP) is 18.2. The molecule has 0 amide bonds. The number of fused-ring (bicyclic) bond motifs is 6. The average molecular weight is 851 g/mol. The molecule has 0 bridgehead atoms. The molecule has 0 atom stereocenters. The fraction of sp³-hybridized carbons (Fsp3) is 0.0968. The second kappa shape index (κ2) is 12.9. The lowest BCUT2D eigenvalue weighted by Crippen LogP contribution is -2.14. The van der Waals surface area contributed by atoms with E-state index in [-0.39, 0.29) is 10.8 Å². The summed E-state index contributed by atoms with van der Waals surface area (Å²) in [5, 5.41) is 5.35. The van der Waals surface area contributed by atoms with Crippen LogP contribution in [-0.2, 0) is 10.8 Å². The van der Waals surface area contributed by atoms with E-state index in [0.29, 0.717) is 0 Å². The molecule has 2 heterocycles. The van der Waals surface area contributed by atoms with Gasteiger partial charge in [0.1, 0.15) is 0 Å². The van der Waals surface area contributed by atoms with E-state index in [2.05, 4.69) is 210 Å². The molecule has 0 fully saturated rings. The summed E-state index contributed by atoms with van der Waals surface area (Å²) < 4.78 is 5.38. The molecule has 10 aromatic carbocycles. The summed E-state index contributed by atoms with van der Waals surface area (Å²) in [4.78, 5) is 0. The summed E-state index contributed by atoms with van der Waals surface area (Å²) in [5.74, 6) is 0. The van der Waals surface area contributed by atoms with Gasteiger partial charge >= 0.3 is 0 Å². The van der Waals surface area contributed by atoms with Crippen LogP contribution in [-0.4, -0.2) is 0 Å². The van der Waals surface area contributed by atoms with E-state index in [9.17, 15) is 0 Å². The molecular weight excluding hydrogens is 809 g/mol. The average Bonchev–Trinajstić information content (AvgIpc) is 3.71. The molecule has 14 rings (SSSR count). The monoisotopic (exact) mass is 850 g/mol. The molecule has 2 heteroatoms. The highest BCUT2D eigenvalue weighted by Crippen LogP contribution is 2.58. The van der Waals surface area contributed by atoms with Crippen LogP contribution in [0.1, 0.15) is 49.9 Å². The van der Waals surface area contributed by atoms with Gasteiger partial charge in [-0.15, -0.1) is 22.7 Å². The molecule has 0 unspecified atom stereocenters. The van der Waals surface area contributed by atoms with Crippen LogP contribution in [0.4, 0.5) is 0 Å². The molecule has 302 valence electrons. The van der Waals surface area contributed by atoms with Crippen molar-refractivity contribution in [3.05, 3.63) is 204 Å². The van der Waals surface area contributed by atoms with Gasteiger partial charge in [-0.2, -0.15) is 0 Å². The smallest absolute Gasteiger partial charge is 0.0446 e. The Balaban J connectivity index is 1.05. The highest BCUT2D eigenvalue weighted by atomic mass is 32.1. The van der Waals surface area contributed by atoms with Crippen molar-refractivity contribution in [1.29, 1.82) is 0 Å². The van der Waals surface area contributed by atoms with Crippen molar-refractivity contribution in [1.82, 2.24) is 0 Å². The van der Waals surface area contributed by atoms with E-state index in [0.717, 1.165) is 0 Å². The lowest BCUT2D eigenvalue weighted by molar-refractivity contribution is 0.660. The maximum Gasteiger partial charge on any atom is 0.0446 e. The van der Waals surface area contributed by atoms with Crippen molar-refractivity contribution in [2.75, 3.05) is 0 Å². The van der Waals surface area contributed by atoms with E-state index < -0.39 is 0 Å². The molecule has 0 nitrogen and oxygen atoms in total. The second-order valence-electron chi connectivity index (χ2n) is 19.1. The summed E-state index contributed by atoms with van der Waals surface area (Å²) in [7, 11) is 0. The Kier molecular flexibility index (Phi) is 7.37. The second-order valence-corrected chi connectivity index (χ2v) is 21.2. The van der Waals surface area contributed by atoms with Crippen LogP contribution in [0.15, 0.2) is 182 Å². The van der Waals surface area contributed by atoms with Crippen molar-refractivity contribution >= 4 is 63.0 Å². The molecule has 2 aliphatic heterocycles. The zero-order valence-electron chi connectivity index (χ0n) is 36.1. The van der Waals surface area contributed by atoms with Crippen LogP contribution in [0.25, 0.3) is 118 Å². The van der Waals surface area contributed by atoms with Gasteiger partial charge in [-0.05, 0) is 125 Å². The fourth-order valence-electron chi connectivity index (χ4n) is 12.0. The molecule has 0 aromatic heterocycles. The third-order valence-electron chi connectivity index (χ3n) is 15.0. The summed E-state index contributed by atoms with van der Waals surface area (Å²) in [5.41, 5.74) is 24.0. The standard InChI is InChI=1S/C62H42S2/c1-61(2)47-21-13-11-19-41(47)43-27-23-37(33-49(43)61)45-31-39-25-29-52-57-55(39)59(53(45)35-15-7-5-8-16-35)63-51-30-26-40-32-46(54(36-17-9-6-10-18-36)60(64-52)56(40)58(51)57)38-24-28-44-42-20-12-14-22-48(42)62(3,4)50(44)34-38/h5-34H,1-4H3. The fourth-order valence-corrected chi connectivity index (χ4v) is 14.6. The summed E-state index contributed by atoms with van der Waals surface area (Å²) >= 11 is 3.94. The van der Waals surface area contributed by atoms with Crippen LogP contribution >= 0.6 is 22.7 Å². The molecule has 0 radical (unpaired) electrons. The Labute approximate surface area is 381 Å². The third-order valence-corrected chi connectivity index (χ3v) is 17.4. The van der Waals surface area contributed by atoms with Crippen LogP contribution in [0, 0.1) is 0 Å². The van der Waals surface area contributed by atoms with E-state index in [1.165, 1.54) is 140 Å². The maximum absolute atomic E-state index is 2.50. The quantitative estimate of drug-likeness (QED) is 0.122. The molecule has 2 aliphatic carbocycles. The Morgan fingerprint density at radius 3 is 1.12 bits per heavy atom. The highest BCUT2D eigenvalue weighted by molar-refractivity contribution is 7.27. The molecule has 0 N–H and O–H groups in total. The highest BCUT2D eigenvalue weighted by Gasteiger charge is 2.37. The van der Waals surface area contributed by atoms with E-state index in [4.69, 9.17) is 0 Å². The lowest BCUT2D eigenvalue weighted by Gasteiger charge is -2.26. The van der Waals surface area contributed by atoms with Gasteiger partial charge in [-0.25, -0.2) is 0 Å². The van der Waals surface area contributed by atoms with Gasteiger partial charge in [-0.1, -0.05) is 173 Å². The lowest BCUT2D eigenvalue weighted by atomic mass is 9.80. The van der Waals surface area contributed by atoms with Gasteiger partial charge in [0.05, 0.1) is 0 Å². The Morgan fingerprint density at radius 2 is 0.688 bits per heavy atom. The van der Waals surface area contributed by atoms with Gasteiger partial charge in [-0.3, -0.25) is 0 Å². The number of rotatable bonds is 4. The minimum Gasteiger partial charge on any atom is -0.134 e. The SMILES string of the molecule is CC1(C)c2ccccc2-c2ccc(-c3cc4ccc5sc6c(-c7ccccc7)c(-c7ccc8c(c7)C(C)(C)c7ccccc7-8)cc7ccc8sc(c3-c3ccccc3)c4c5-c8c76)cc21. The van der Waals surface area contributed by atoms with Crippen molar-refractivity contribution in [2.45, 2.75) is 38.5 Å². The van der Waals surface area contributed by atoms with Crippen LogP contribution in [0.2, 0.25) is 0 Å². The van der Waals surface area contributed by atoms with E-state index in [1.807, 2.05) is 22.7 Å². The van der Waals surface area contributed by atoms with Crippen molar-refractivity contribution < 1.29 is 0 Å². The third kappa shape index (κ3) is 4.82. The normalized spacial score (nSPS) is 14.5. The first-order valence-electron chi connectivity index (χ1n) is 22.5. The van der Waals surface area contributed by atoms with Crippen LogP contribution in [0.5, 0.6) is 0 Å². The molecule has 0 spiro atoms. The molecule has 0 saturated carbocycles. The molecule has 10 aromatic rings. The Bertz CT molecular complexity index is 3620. The summed E-state index contributed by atoms with van der Waals surface area (Å²) in [6, 6.07) is 69.3. The van der Waals surface area contributed by atoms with Crippen molar-refractivity contribution in [2.24, 2.45) is 0 Å². The summed E-state index contributed by atoms with van der Waals surface area (Å²) in [6.45, 7) is 9.54. The largest absolute Gasteiger partial charge is 0.134 e. The van der Waals surface area contributed by atoms with E-state index in [1.54, 1.807) is 0 Å². The zero-order chi connectivity index (χ0) is 42.6. The predicted molar refractivity (Wildman–Crippen MR) is 277 cm³/mol. The van der Waals surface area contributed by atoms with Crippen molar-refractivity contribution in [3.63, 3.8) is 0 Å². The van der Waals surface area contributed by atoms with Gasteiger partial charge < -0.3 is 0 Å². The zero-order valence-corrected chi connectivity index (χ0v) is 37.8. The number of hydrogen-bond acceptors (Lipinski definition) is 2. The number of benzene rings is 10. The maximum atomic E-state index is 2.50.